The average Bonchev–Trinajstić information content (AvgIpc) is 1.86. The Labute approximate surface area is 49.6 Å². The van der Waals surface area contributed by atoms with E-state index < -0.39 is 0 Å². The van der Waals surface area contributed by atoms with Crippen molar-refractivity contribution in [1.29, 1.82) is 0 Å². The van der Waals surface area contributed by atoms with Crippen molar-refractivity contribution in [3.63, 3.8) is 0 Å². The van der Waals surface area contributed by atoms with E-state index in [0.717, 1.165) is 5.92 Å². The fourth-order valence-electron chi connectivity index (χ4n) is 0.604. The van der Waals surface area contributed by atoms with Crippen LogP contribution in [0.25, 0.3) is 0 Å². The van der Waals surface area contributed by atoms with Crippen molar-refractivity contribution < 1.29 is 21.2 Å². The van der Waals surface area contributed by atoms with E-state index >= 15 is 0 Å². The molecule has 1 fully saturated rings. The number of hydrogen-bond acceptors (Lipinski definition) is 0. The van der Waals surface area contributed by atoms with Gasteiger partial charge in [0, 0.05) is 0 Å². The molecule has 0 aromatic rings. The Balaban J connectivity index is 2.18. The molecule has 0 bridgehead atoms. The Morgan fingerprint density at radius 2 is 2.50 bits per heavy atom. The SMILES string of the molecule is CC1CC[I-]C1. The van der Waals surface area contributed by atoms with Gasteiger partial charge < -0.3 is 0 Å². The molecule has 0 aromatic carbocycles. The summed E-state index contributed by atoms with van der Waals surface area (Å²) >= 11 is 0.702. The van der Waals surface area contributed by atoms with Gasteiger partial charge in [0.1, 0.15) is 0 Å². The summed E-state index contributed by atoms with van der Waals surface area (Å²) in [6.45, 7) is 2.37. The first-order valence-corrected chi connectivity index (χ1v) is 5.48. The molecule has 0 N–H and O–H groups in total. The molecule has 1 unspecified atom stereocenters. The minimum absolute atomic E-state index is 0.702. The molecule has 0 saturated carbocycles. The van der Waals surface area contributed by atoms with Crippen LogP contribution in [0.15, 0.2) is 0 Å². The van der Waals surface area contributed by atoms with Gasteiger partial charge in [-0.05, 0) is 0 Å². The molecule has 1 aliphatic heterocycles. The predicted octanol–water partition coefficient (Wildman–Crippen LogP) is -1.88. The van der Waals surface area contributed by atoms with Gasteiger partial charge in [-0.25, -0.2) is 0 Å². The van der Waals surface area contributed by atoms with Crippen LogP contribution in [0, 0.1) is 5.92 Å². The van der Waals surface area contributed by atoms with Crippen LogP contribution in [0.1, 0.15) is 13.3 Å². The van der Waals surface area contributed by atoms with E-state index in [1.807, 2.05) is 0 Å². The van der Waals surface area contributed by atoms with Crippen LogP contribution in [-0.2, 0) is 0 Å². The summed E-state index contributed by atoms with van der Waals surface area (Å²) in [7, 11) is 0. The van der Waals surface area contributed by atoms with Crippen LogP contribution < -0.4 is 21.2 Å². The van der Waals surface area contributed by atoms with Crippen molar-refractivity contribution in [3.8, 4) is 0 Å². The van der Waals surface area contributed by atoms with Crippen LogP contribution in [0.5, 0.6) is 0 Å². The number of alkyl halides is 2. The molecule has 0 amide bonds. The third-order valence-corrected chi connectivity index (χ3v) is 4.62. The summed E-state index contributed by atoms with van der Waals surface area (Å²) in [6, 6.07) is 0. The Kier molecular flexibility index (Phi) is 1.74. The van der Waals surface area contributed by atoms with E-state index in [2.05, 4.69) is 6.92 Å². The van der Waals surface area contributed by atoms with Crippen LogP contribution in [0.2, 0.25) is 0 Å². The molecule has 0 aliphatic carbocycles. The summed E-state index contributed by atoms with van der Waals surface area (Å²) in [6.07, 6.45) is 1.54. The van der Waals surface area contributed by atoms with Crippen LogP contribution >= 0.6 is 0 Å². The van der Waals surface area contributed by atoms with E-state index in [4.69, 9.17) is 0 Å². The van der Waals surface area contributed by atoms with E-state index in [1.165, 1.54) is 6.42 Å². The van der Waals surface area contributed by atoms with Crippen LogP contribution in [-0.4, -0.2) is 8.86 Å². The number of halogens is 1. The van der Waals surface area contributed by atoms with Gasteiger partial charge in [0.05, 0.1) is 0 Å². The Morgan fingerprint density at radius 1 is 1.67 bits per heavy atom. The molecule has 0 radical (unpaired) electrons. The van der Waals surface area contributed by atoms with E-state index in [1.54, 1.807) is 8.86 Å². The monoisotopic (exact) mass is 197 g/mol. The van der Waals surface area contributed by atoms with Crippen LogP contribution in [0.4, 0.5) is 0 Å². The van der Waals surface area contributed by atoms with E-state index in [0.29, 0.717) is 21.2 Å². The van der Waals surface area contributed by atoms with Gasteiger partial charge >= 0.3 is 49.3 Å². The quantitative estimate of drug-likeness (QED) is 0.315. The summed E-state index contributed by atoms with van der Waals surface area (Å²) in [5, 5.41) is 0. The fraction of sp³-hybridized carbons (Fsp3) is 1.00. The molecule has 0 spiro atoms. The zero-order valence-electron chi connectivity index (χ0n) is 4.08. The van der Waals surface area contributed by atoms with Crippen molar-refractivity contribution in [2.24, 2.45) is 5.92 Å². The first-order chi connectivity index (χ1) is 2.89. The standard InChI is InChI=1S/C5H10I/c1-5-2-3-6-4-5/h5H,2-4H2,1H3/q-1. The first-order valence-electron chi connectivity index (χ1n) is 2.43. The number of hydrogen-bond donors (Lipinski definition) is 0. The summed E-state index contributed by atoms with van der Waals surface area (Å²) in [4.78, 5) is 0. The molecular formula is C5H10I-. The Bertz CT molecular complexity index is 37.2. The van der Waals surface area contributed by atoms with Gasteiger partial charge in [-0.3, -0.25) is 0 Å². The molecule has 6 heavy (non-hydrogen) atoms. The third kappa shape index (κ3) is 1.10. The molecule has 1 rings (SSSR count). The van der Waals surface area contributed by atoms with Crippen LogP contribution in [0.3, 0.4) is 0 Å². The fourth-order valence-corrected chi connectivity index (χ4v) is 4.05. The average molecular weight is 197 g/mol. The molecule has 1 heteroatoms. The Morgan fingerprint density at radius 3 is 2.67 bits per heavy atom. The summed E-state index contributed by atoms with van der Waals surface area (Å²) in [5.74, 6) is 1.10. The van der Waals surface area contributed by atoms with Crippen molar-refractivity contribution in [1.82, 2.24) is 0 Å². The summed E-state index contributed by atoms with van der Waals surface area (Å²) < 4.78 is 3.19. The van der Waals surface area contributed by atoms with E-state index in [-0.39, 0.29) is 0 Å². The second kappa shape index (κ2) is 2.15. The molecule has 1 heterocycles. The molecule has 1 atom stereocenters. The zero-order chi connectivity index (χ0) is 4.41. The normalized spacial score (nSPS) is 35.8. The van der Waals surface area contributed by atoms with Gasteiger partial charge in [0.25, 0.3) is 0 Å². The second-order valence-corrected chi connectivity index (χ2v) is 4.96. The van der Waals surface area contributed by atoms with Gasteiger partial charge in [-0.2, -0.15) is 0 Å². The maximum absolute atomic E-state index is 2.37. The summed E-state index contributed by atoms with van der Waals surface area (Å²) in [5.41, 5.74) is 0. The van der Waals surface area contributed by atoms with Gasteiger partial charge in [-0.15, -0.1) is 0 Å². The van der Waals surface area contributed by atoms with Gasteiger partial charge in [0.15, 0.2) is 0 Å². The van der Waals surface area contributed by atoms with Crippen molar-refractivity contribution >= 4 is 0 Å². The third-order valence-electron chi connectivity index (χ3n) is 1.11. The molecule has 1 aliphatic rings. The van der Waals surface area contributed by atoms with Crippen molar-refractivity contribution in [2.45, 2.75) is 13.3 Å². The molecule has 1 saturated heterocycles. The van der Waals surface area contributed by atoms with Crippen molar-refractivity contribution in [3.05, 3.63) is 0 Å². The van der Waals surface area contributed by atoms with E-state index in [9.17, 15) is 0 Å². The maximum atomic E-state index is 2.37. The van der Waals surface area contributed by atoms with Gasteiger partial charge in [-0.1, -0.05) is 0 Å². The molecule has 38 valence electrons. The molecular weight excluding hydrogens is 187 g/mol. The predicted molar refractivity (Wildman–Crippen MR) is 23.5 cm³/mol. The van der Waals surface area contributed by atoms with Gasteiger partial charge in [0.2, 0.25) is 0 Å². The topological polar surface area (TPSA) is 0 Å². The molecule has 0 aromatic heterocycles. The number of rotatable bonds is 0. The Hall–Kier alpha value is 0.730. The van der Waals surface area contributed by atoms with Crippen molar-refractivity contribution in [2.75, 3.05) is 8.86 Å². The zero-order valence-corrected chi connectivity index (χ0v) is 6.23. The second-order valence-electron chi connectivity index (χ2n) is 1.93. The molecule has 0 nitrogen and oxygen atoms in total. The first kappa shape index (κ1) is 4.88. The minimum atomic E-state index is 0.702.